The summed E-state index contributed by atoms with van der Waals surface area (Å²) in [5, 5.41) is 2.91. The van der Waals surface area contributed by atoms with Gasteiger partial charge in [-0.3, -0.25) is 9.69 Å². The molecule has 5 nitrogen and oxygen atoms in total. The van der Waals surface area contributed by atoms with Crippen molar-refractivity contribution in [1.82, 2.24) is 10.2 Å². The maximum Gasteiger partial charge on any atom is 0.257 e. The van der Waals surface area contributed by atoms with Crippen molar-refractivity contribution in [2.45, 2.75) is 33.1 Å². The van der Waals surface area contributed by atoms with Crippen molar-refractivity contribution in [2.75, 3.05) is 46.0 Å². The second-order valence-electron chi connectivity index (χ2n) is 6.62. The first-order valence-corrected chi connectivity index (χ1v) is 8.86. The van der Waals surface area contributed by atoms with Crippen LogP contribution in [0.15, 0.2) is 18.2 Å². The van der Waals surface area contributed by atoms with E-state index in [0.29, 0.717) is 12.5 Å². The molecule has 1 amide bonds. The number of carbonyl (C=O) groups is 1. The number of ether oxygens (including phenoxy) is 2. The number of rotatable bonds is 8. The van der Waals surface area contributed by atoms with Crippen molar-refractivity contribution in [3.63, 3.8) is 0 Å². The van der Waals surface area contributed by atoms with Crippen LogP contribution in [-0.4, -0.2) is 56.8 Å². The van der Waals surface area contributed by atoms with E-state index in [1.807, 2.05) is 12.1 Å². The number of benzene rings is 1. The Bertz CT molecular complexity index is 525. The van der Waals surface area contributed by atoms with E-state index in [2.05, 4.69) is 37.1 Å². The Morgan fingerprint density at radius 3 is 2.75 bits per heavy atom. The first kappa shape index (κ1) is 18.7. The van der Waals surface area contributed by atoms with E-state index in [1.54, 1.807) is 0 Å². The van der Waals surface area contributed by atoms with Crippen LogP contribution in [0, 0.1) is 6.92 Å². The van der Waals surface area contributed by atoms with E-state index in [0.717, 1.165) is 45.0 Å². The molecule has 0 radical (unpaired) electrons. The van der Waals surface area contributed by atoms with Crippen molar-refractivity contribution in [3.05, 3.63) is 29.3 Å². The molecule has 0 atom stereocenters. The van der Waals surface area contributed by atoms with Gasteiger partial charge >= 0.3 is 0 Å². The summed E-state index contributed by atoms with van der Waals surface area (Å²) in [7, 11) is 0. The van der Waals surface area contributed by atoms with Crippen LogP contribution in [0.5, 0.6) is 5.75 Å². The van der Waals surface area contributed by atoms with Crippen molar-refractivity contribution >= 4 is 5.91 Å². The van der Waals surface area contributed by atoms with E-state index in [4.69, 9.17) is 9.47 Å². The Kier molecular flexibility index (Phi) is 7.53. The maximum absolute atomic E-state index is 11.9. The Labute approximate surface area is 145 Å². The highest BCUT2D eigenvalue weighted by atomic mass is 16.5. The molecule has 134 valence electrons. The van der Waals surface area contributed by atoms with Crippen molar-refractivity contribution in [3.8, 4) is 5.75 Å². The van der Waals surface area contributed by atoms with Crippen LogP contribution in [0.2, 0.25) is 0 Å². The molecule has 0 unspecified atom stereocenters. The summed E-state index contributed by atoms with van der Waals surface area (Å²) in [6.45, 7) is 11.8. The monoisotopic (exact) mass is 334 g/mol. The summed E-state index contributed by atoms with van der Waals surface area (Å²) in [6, 6.07) is 6.02. The molecule has 0 saturated carbocycles. The van der Waals surface area contributed by atoms with Gasteiger partial charge in [0.2, 0.25) is 0 Å². The minimum atomic E-state index is -0.0671. The van der Waals surface area contributed by atoms with Gasteiger partial charge in [0, 0.05) is 19.6 Å². The Hall–Kier alpha value is -1.59. The SMILES string of the molecule is Cc1cc(OCC(=O)NCCCN2CCOCC2)ccc1C(C)C. The predicted octanol–water partition coefficient (Wildman–Crippen LogP) is 2.34. The first-order valence-electron chi connectivity index (χ1n) is 8.86. The van der Waals surface area contributed by atoms with Crippen molar-refractivity contribution in [1.29, 1.82) is 0 Å². The molecule has 0 bridgehead atoms. The molecular weight excluding hydrogens is 304 g/mol. The van der Waals surface area contributed by atoms with Crippen LogP contribution in [0.1, 0.15) is 37.3 Å². The zero-order valence-electron chi connectivity index (χ0n) is 15.1. The highest BCUT2D eigenvalue weighted by Crippen LogP contribution is 2.23. The summed E-state index contributed by atoms with van der Waals surface area (Å²) in [5.74, 6) is 1.18. The zero-order valence-corrected chi connectivity index (χ0v) is 15.1. The largest absolute Gasteiger partial charge is 0.484 e. The normalized spacial score (nSPS) is 15.5. The van der Waals surface area contributed by atoms with Gasteiger partial charge in [-0.1, -0.05) is 19.9 Å². The van der Waals surface area contributed by atoms with E-state index in [-0.39, 0.29) is 12.5 Å². The topological polar surface area (TPSA) is 50.8 Å². The number of aryl methyl sites for hydroxylation is 1. The molecule has 0 spiro atoms. The Morgan fingerprint density at radius 2 is 2.08 bits per heavy atom. The second-order valence-corrected chi connectivity index (χ2v) is 6.62. The number of amides is 1. The summed E-state index contributed by atoms with van der Waals surface area (Å²) in [5.41, 5.74) is 2.52. The van der Waals surface area contributed by atoms with Gasteiger partial charge < -0.3 is 14.8 Å². The lowest BCUT2D eigenvalue weighted by molar-refractivity contribution is -0.123. The maximum atomic E-state index is 11.9. The third-order valence-electron chi connectivity index (χ3n) is 4.31. The molecule has 0 aliphatic carbocycles. The van der Waals surface area contributed by atoms with Crippen LogP contribution in [-0.2, 0) is 9.53 Å². The molecular formula is C19H30N2O3. The van der Waals surface area contributed by atoms with Crippen LogP contribution in [0.3, 0.4) is 0 Å². The molecule has 24 heavy (non-hydrogen) atoms. The molecule has 0 aromatic heterocycles. The highest BCUT2D eigenvalue weighted by molar-refractivity contribution is 5.77. The standard InChI is InChI=1S/C19H30N2O3/c1-15(2)18-6-5-17(13-16(18)3)24-14-19(22)20-7-4-8-21-9-11-23-12-10-21/h5-6,13,15H,4,7-12,14H2,1-3H3,(H,20,22). The lowest BCUT2D eigenvalue weighted by Gasteiger charge is -2.26. The highest BCUT2D eigenvalue weighted by Gasteiger charge is 2.10. The molecule has 1 aliphatic heterocycles. The number of nitrogens with zero attached hydrogens (tertiary/aromatic N) is 1. The molecule has 1 aromatic carbocycles. The molecule has 1 N–H and O–H groups in total. The third-order valence-corrected chi connectivity index (χ3v) is 4.31. The van der Waals surface area contributed by atoms with Gasteiger partial charge in [0.15, 0.2) is 6.61 Å². The smallest absolute Gasteiger partial charge is 0.257 e. The summed E-state index contributed by atoms with van der Waals surface area (Å²) < 4.78 is 10.9. The number of carbonyl (C=O) groups excluding carboxylic acids is 1. The molecule has 5 heteroatoms. The molecule has 1 fully saturated rings. The lowest BCUT2D eigenvalue weighted by atomic mass is 9.98. The number of morpholine rings is 1. The minimum Gasteiger partial charge on any atom is -0.484 e. The van der Waals surface area contributed by atoms with Crippen molar-refractivity contribution < 1.29 is 14.3 Å². The van der Waals surface area contributed by atoms with Gasteiger partial charge in [-0.05, 0) is 49.1 Å². The van der Waals surface area contributed by atoms with Crippen LogP contribution in [0.25, 0.3) is 0 Å². The van der Waals surface area contributed by atoms with E-state index < -0.39 is 0 Å². The average Bonchev–Trinajstić information content (AvgIpc) is 2.57. The molecule has 1 aromatic rings. The van der Waals surface area contributed by atoms with E-state index in [1.165, 1.54) is 11.1 Å². The van der Waals surface area contributed by atoms with E-state index >= 15 is 0 Å². The Balaban J connectivity index is 1.63. The van der Waals surface area contributed by atoms with Gasteiger partial charge in [-0.25, -0.2) is 0 Å². The average molecular weight is 334 g/mol. The minimum absolute atomic E-state index is 0.0671. The lowest BCUT2D eigenvalue weighted by Crippen LogP contribution is -2.38. The Morgan fingerprint density at radius 1 is 1.33 bits per heavy atom. The second kappa shape index (κ2) is 9.64. The quantitative estimate of drug-likeness (QED) is 0.742. The fourth-order valence-electron chi connectivity index (χ4n) is 2.94. The van der Waals surface area contributed by atoms with Crippen LogP contribution < -0.4 is 10.1 Å². The van der Waals surface area contributed by atoms with Crippen molar-refractivity contribution in [2.24, 2.45) is 0 Å². The van der Waals surface area contributed by atoms with Gasteiger partial charge in [0.25, 0.3) is 5.91 Å². The fraction of sp³-hybridized carbons (Fsp3) is 0.632. The molecule has 1 saturated heterocycles. The van der Waals surface area contributed by atoms with Crippen LogP contribution in [0.4, 0.5) is 0 Å². The number of hydrogen-bond donors (Lipinski definition) is 1. The van der Waals surface area contributed by atoms with Gasteiger partial charge in [-0.2, -0.15) is 0 Å². The predicted molar refractivity (Wildman–Crippen MR) is 95.6 cm³/mol. The molecule has 1 heterocycles. The fourth-order valence-corrected chi connectivity index (χ4v) is 2.94. The summed E-state index contributed by atoms with van der Waals surface area (Å²) in [4.78, 5) is 14.2. The van der Waals surface area contributed by atoms with Gasteiger partial charge in [0.1, 0.15) is 5.75 Å². The summed E-state index contributed by atoms with van der Waals surface area (Å²) >= 11 is 0. The number of hydrogen-bond acceptors (Lipinski definition) is 4. The first-order chi connectivity index (χ1) is 11.6. The third kappa shape index (κ3) is 6.13. The zero-order chi connectivity index (χ0) is 17.4. The van der Waals surface area contributed by atoms with Gasteiger partial charge in [-0.15, -0.1) is 0 Å². The van der Waals surface area contributed by atoms with E-state index in [9.17, 15) is 4.79 Å². The molecule has 1 aliphatic rings. The summed E-state index contributed by atoms with van der Waals surface area (Å²) in [6.07, 6.45) is 0.952. The molecule has 2 rings (SSSR count). The number of nitrogens with one attached hydrogen (secondary N) is 1. The van der Waals surface area contributed by atoms with Gasteiger partial charge in [0.05, 0.1) is 13.2 Å². The van der Waals surface area contributed by atoms with Crippen LogP contribution >= 0.6 is 0 Å².